The summed E-state index contributed by atoms with van der Waals surface area (Å²) in [6, 6.07) is 5.07. The standard InChI is InChI=1S/C14H19N3O3.ClH/c1-17-6-5-9(7-13(17)18)14(19)16-12-8-10(20-2)3-4-11(12)15;/h3-4,8-9H,5-7,15H2,1-2H3,(H,16,19);1H. The van der Waals surface area contributed by atoms with E-state index in [1.54, 1.807) is 37.3 Å². The largest absolute Gasteiger partial charge is 0.497 e. The van der Waals surface area contributed by atoms with Gasteiger partial charge in [-0.3, -0.25) is 9.59 Å². The van der Waals surface area contributed by atoms with E-state index >= 15 is 0 Å². The van der Waals surface area contributed by atoms with Crippen molar-refractivity contribution in [3.8, 4) is 5.75 Å². The van der Waals surface area contributed by atoms with E-state index in [9.17, 15) is 9.59 Å². The zero-order valence-corrected chi connectivity index (χ0v) is 12.9. The van der Waals surface area contributed by atoms with Gasteiger partial charge in [-0.15, -0.1) is 12.4 Å². The van der Waals surface area contributed by atoms with E-state index < -0.39 is 0 Å². The third-order valence-corrected chi connectivity index (χ3v) is 3.55. The smallest absolute Gasteiger partial charge is 0.228 e. The molecule has 0 saturated carbocycles. The van der Waals surface area contributed by atoms with Crippen molar-refractivity contribution in [2.24, 2.45) is 5.92 Å². The first kappa shape index (κ1) is 17.1. The zero-order chi connectivity index (χ0) is 14.7. The first-order valence-corrected chi connectivity index (χ1v) is 6.49. The second-order valence-electron chi connectivity index (χ2n) is 4.95. The van der Waals surface area contributed by atoms with Gasteiger partial charge in [0.2, 0.25) is 11.8 Å². The molecular weight excluding hydrogens is 294 g/mol. The Morgan fingerprint density at radius 3 is 2.81 bits per heavy atom. The van der Waals surface area contributed by atoms with Crippen molar-refractivity contribution < 1.29 is 14.3 Å². The first-order valence-electron chi connectivity index (χ1n) is 6.49. The van der Waals surface area contributed by atoms with Gasteiger partial charge in [-0.05, 0) is 18.6 Å². The number of ether oxygens (including phenoxy) is 1. The van der Waals surface area contributed by atoms with Crippen molar-refractivity contribution in [2.75, 3.05) is 31.8 Å². The molecule has 0 spiro atoms. The van der Waals surface area contributed by atoms with Gasteiger partial charge in [0.05, 0.1) is 18.5 Å². The number of nitrogens with zero attached hydrogens (tertiary/aromatic N) is 1. The van der Waals surface area contributed by atoms with Gasteiger partial charge in [0.1, 0.15) is 5.75 Å². The van der Waals surface area contributed by atoms with Gasteiger partial charge in [0.25, 0.3) is 0 Å². The maximum atomic E-state index is 12.2. The van der Waals surface area contributed by atoms with Crippen LogP contribution in [0, 0.1) is 5.92 Å². The molecular formula is C14H20ClN3O3. The zero-order valence-electron chi connectivity index (χ0n) is 12.1. The number of nitrogens with two attached hydrogens (primary N) is 1. The lowest BCUT2D eigenvalue weighted by Crippen LogP contribution is -2.39. The minimum absolute atomic E-state index is 0. The van der Waals surface area contributed by atoms with Gasteiger partial charge in [0.15, 0.2) is 0 Å². The van der Waals surface area contributed by atoms with Crippen molar-refractivity contribution in [1.82, 2.24) is 4.90 Å². The number of amides is 2. The molecule has 2 rings (SSSR count). The summed E-state index contributed by atoms with van der Waals surface area (Å²) in [5.41, 5.74) is 6.81. The molecule has 0 bridgehead atoms. The number of nitrogen functional groups attached to an aromatic ring is 1. The van der Waals surface area contributed by atoms with Crippen LogP contribution >= 0.6 is 12.4 Å². The molecule has 2 amide bonds. The summed E-state index contributed by atoms with van der Waals surface area (Å²) < 4.78 is 5.10. The molecule has 0 aromatic heterocycles. The number of benzene rings is 1. The number of anilines is 2. The number of hydrogen-bond acceptors (Lipinski definition) is 4. The molecule has 1 aromatic carbocycles. The van der Waals surface area contributed by atoms with E-state index in [4.69, 9.17) is 10.5 Å². The molecule has 7 heteroatoms. The summed E-state index contributed by atoms with van der Waals surface area (Å²) in [5.74, 6) is 0.139. The minimum Gasteiger partial charge on any atom is -0.497 e. The fourth-order valence-corrected chi connectivity index (χ4v) is 2.17. The Kier molecular flexibility index (Phi) is 5.84. The third-order valence-electron chi connectivity index (χ3n) is 3.55. The molecule has 1 aromatic rings. The monoisotopic (exact) mass is 313 g/mol. The van der Waals surface area contributed by atoms with Crippen LogP contribution in [-0.4, -0.2) is 37.4 Å². The average Bonchev–Trinajstić information content (AvgIpc) is 2.44. The van der Waals surface area contributed by atoms with Crippen molar-refractivity contribution in [3.63, 3.8) is 0 Å². The van der Waals surface area contributed by atoms with E-state index in [-0.39, 0.29) is 36.6 Å². The number of carbonyl (C=O) groups is 2. The van der Waals surface area contributed by atoms with E-state index in [2.05, 4.69) is 5.32 Å². The maximum Gasteiger partial charge on any atom is 0.228 e. The molecule has 1 saturated heterocycles. The summed E-state index contributed by atoms with van der Waals surface area (Å²) in [6.45, 7) is 0.602. The second kappa shape index (κ2) is 7.17. The molecule has 3 N–H and O–H groups in total. The summed E-state index contributed by atoms with van der Waals surface area (Å²) in [5, 5.41) is 2.78. The minimum atomic E-state index is -0.302. The lowest BCUT2D eigenvalue weighted by molar-refractivity contribution is -0.137. The number of likely N-dealkylation sites (tertiary alicyclic amines) is 1. The Hall–Kier alpha value is -1.95. The van der Waals surface area contributed by atoms with Crippen molar-refractivity contribution >= 4 is 35.6 Å². The van der Waals surface area contributed by atoms with Gasteiger partial charge in [-0.25, -0.2) is 0 Å². The van der Waals surface area contributed by atoms with E-state index in [1.807, 2.05) is 0 Å². The number of rotatable bonds is 3. The van der Waals surface area contributed by atoms with Crippen molar-refractivity contribution in [3.05, 3.63) is 18.2 Å². The normalized spacial score (nSPS) is 17.9. The molecule has 1 unspecified atom stereocenters. The highest BCUT2D eigenvalue weighted by molar-refractivity contribution is 5.98. The molecule has 1 heterocycles. The average molecular weight is 314 g/mol. The molecule has 1 atom stereocenters. The fraction of sp³-hybridized carbons (Fsp3) is 0.429. The molecule has 6 nitrogen and oxygen atoms in total. The third kappa shape index (κ3) is 4.01. The quantitative estimate of drug-likeness (QED) is 0.828. The van der Waals surface area contributed by atoms with Crippen LogP contribution in [0.4, 0.5) is 11.4 Å². The SMILES string of the molecule is COc1ccc(N)c(NC(=O)C2CCN(C)C(=O)C2)c1.Cl. The molecule has 21 heavy (non-hydrogen) atoms. The Bertz CT molecular complexity index is 536. The maximum absolute atomic E-state index is 12.2. The van der Waals surface area contributed by atoms with Crippen LogP contribution in [0.3, 0.4) is 0 Å². The van der Waals surface area contributed by atoms with Gasteiger partial charge >= 0.3 is 0 Å². The number of halogens is 1. The number of carbonyl (C=O) groups excluding carboxylic acids is 2. The predicted octanol–water partition coefficient (Wildman–Crippen LogP) is 1.51. The first-order chi connectivity index (χ1) is 9.51. The molecule has 0 aliphatic carbocycles. The van der Waals surface area contributed by atoms with Gasteiger partial charge in [0, 0.05) is 32.0 Å². The van der Waals surface area contributed by atoms with Crippen LogP contribution in [-0.2, 0) is 9.59 Å². The van der Waals surface area contributed by atoms with Crippen molar-refractivity contribution in [1.29, 1.82) is 0 Å². The molecule has 116 valence electrons. The van der Waals surface area contributed by atoms with E-state index in [0.717, 1.165) is 0 Å². The Morgan fingerprint density at radius 1 is 1.48 bits per heavy atom. The van der Waals surface area contributed by atoms with Crippen LogP contribution in [0.1, 0.15) is 12.8 Å². The number of nitrogens with one attached hydrogen (secondary N) is 1. The van der Waals surface area contributed by atoms with Crippen LogP contribution in [0.2, 0.25) is 0 Å². The molecule has 1 fully saturated rings. The summed E-state index contributed by atoms with van der Waals surface area (Å²) in [4.78, 5) is 25.5. The van der Waals surface area contributed by atoms with Crippen LogP contribution in [0.15, 0.2) is 18.2 Å². The van der Waals surface area contributed by atoms with Crippen LogP contribution in [0.25, 0.3) is 0 Å². The number of piperidine rings is 1. The van der Waals surface area contributed by atoms with Crippen LogP contribution < -0.4 is 15.8 Å². The fourth-order valence-electron chi connectivity index (χ4n) is 2.17. The Morgan fingerprint density at radius 2 is 2.19 bits per heavy atom. The Labute approximate surface area is 130 Å². The number of hydrogen-bond donors (Lipinski definition) is 2. The lowest BCUT2D eigenvalue weighted by atomic mass is 9.95. The van der Waals surface area contributed by atoms with E-state index in [1.165, 1.54) is 0 Å². The topological polar surface area (TPSA) is 84.7 Å². The summed E-state index contributed by atoms with van der Waals surface area (Å²) in [6.07, 6.45) is 0.907. The number of methoxy groups -OCH3 is 1. The second-order valence-corrected chi connectivity index (χ2v) is 4.95. The molecule has 1 aliphatic rings. The van der Waals surface area contributed by atoms with Crippen molar-refractivity contribution in [2.45, 2.75) is 12.8 Å². The van der Waals surface area contributed by atoms with Gasteiger partial charge in [-0.1, -0.05) is 0 Å². The molecule has 1 aliphatic heterocycles. The highest BCUT2D eigenvalue weighted by atomic mass is 35.5. The summed E-state index contributed by atoms with van der Waals surface area (Å²) >= 11 is 0. The highest BCUT2D eigenvalue weighted by Crippen LogP contribution is 2.26. The Balaban J connectivity index is 0.00000220. The van der Waals surface area contributed by atoms with Gasteiger partial charge < -0.3 is 20.7 Å². The van der Waals surface area contributed by atoms with E-state index in [0.29, 0.717) is 30.1 Å². The van der Waals surface area contributed by atoms with Gasteiger partial charge in [-0.2, -0.15) is 0 Å². The highest BCUT2D eigenvalue weighted by Gasteiger charge is 2.28. The summed E-state index contributed by atoms with van der Waals surface area (Å²) in [7, 11) is 3.29. The molecule has 0 radical (unpaired) electrons. The predicted molar refractivity (Wildman–Crippen MR) is 83.6 cm³/mol. The van der Waals surface area contributed by atoms with Crippen LogP contribution in [0.5, 0.6) is 5.75 Å². The lowest BCUT2D eigenvalue weighted by Gasteiger charge is -2.28.